The normalized spacial score (nSPS) is 28.8. The molecule has 2 aliphatic carbocycles. The molecule has 4 heterocycles. The molecule has 2 atom stereocenters. The summed E-state index contributed by atoms with van der Waals surface area (Å²) in [6.45, 7) is -4.27. The summed E-state index contributed by atoms with van der Waals surface area (Å²) in [5, 5.41) is 14.7. The van der Waals surface area contributed by atoms with Crippen LogP contribution in [0.5, 0.6) is 5.75 Å². The largest absolute Gasteiger partial charge is 0.434 e. The lowest BCUT2D eigenvalue weighted by molar-refractivity contribution is -0.0769. The third-order valence-corrected chi connectivity index (χ3v) is 7.85. The molecular weight excluding hydrogens is 508 g/mol. The zero-order valence-corrected chi connectivity index (χ0v) is 20.7. The molecule has 3 N–H and O–H groups in total. The van der Waals surface area contributed by atoms with E-state index in [2.05, 4.69) is 15.1 Å². The van der Waals surface area contributed by atoms with Gasteiger partial charge in [-0.1, -0.05) is 6.07 Å². The molecule has 0 saturated heterocycles. The summed E-state index contributed by atoms with van der Waals surface area (Å²) >= 11 is 0. The van der Waals surface area contributed by atoms with Gasteiger partial charge in [0.05, 0.1) is 28.6 Å². The maximum Gasteiger partial charge on any atom is 0.387 e. The first-order valence-corrected chi connectivity index (χ1v) is 12.4. The van der Waals surface area contributed by atoms with Crippen LogP contribution < -0.4 is 10.5 Å². The molecule has 1 fully saturated rings. The van der Waals surface area contributed by atoms with Gasteiger partial charge in [-0.25, -0.2) is 19.5 Å². The minimum Gasteiger partial charge on any atom is -0.434 e. The van der Waals surface area contributed by atoms with Crippen molar-refractivity contribution in [3.05, 3.63) is 71.1 Å². The van der Waals surface area contributed by atoms with Crippen molar-refractivity contribution in [1.82, 2.24) is 29.5 Å². The van der Waals surface area contributed by atoms with Crippen LogP contribution in [-0.4, -0.2) is 59.7 Å². The van der Waals surface area contributed by atoms with Gasteiger partial charge in [-0.05, 0) is 31.5 Å². The number of aliphatic hydroxyl groups is 1. The molecule has 0 unspecified atom stereocenters. The Labute approximate surface area is 225 Å². The highest BCUT2D eigenvalue weighted by Gasteiger charge is 2.51. The molecule has 1 saturated carbocycles. The minimum atomic E-state index is -3.15. The van der Waals surface area contributed by atoms with E-state index in [1.807, 2.05) is 0 Å². The molecule has 1 aliphatic heterocycles. The van der Waals surface area contributed by atoms with E-state index < -0.39 is 42.6 Å². The van der Waals surface area contributed by atoms with Gasteiger partial charge in [0.25, 0.3) is 5.91 Å². The van der Waals surface area contributed by atoms with Crippen LogP contribution in [0, 0.1) is 0 Å². The predicted molar refractivity (Wildman–Crippen MR) is 134 cm³/mol. The van der Waals surface area contributed by atoms with Gasteiger partial charge in [-0.2, -0.15) is 13.9 Å². The summed E-state index contributed by atoms with van der Waals surface area (Å²) in [6.07, 6.45) is 5.60. The van der Waals surface area contributed by atoms with Crippen LogP contribution in [0.25, 0.3) is 16.9 Å². The highest BCUT2D eigenvalue weighted by Crippen LogP contribution is 2.53. The van der Waals surface area contributed by atoms with Crippen molar-refractivity contribution < 1.29 is 27.5 Å². The summed E-state index contributed by atoms with van der Waals surface area (Å²) in [5.74, 6) is -1.29. The number of nitrogens with zero attached hydrogens (tertiary/aromatic N) is 6. The van der Waals surface area contributed by atoms with Gasteiger partial charge in [0.1, 0.15) is 11.6 Å². The summed E-state index contributed by atoms with van der Waals surface area (Å²) in [6, 6.07) is 4.90. The van der Waals surface area contributed by atoms with Crippen molar-refractivity contribution in [2.75, 3.05) is 6.98 Å². The molecular formula is C27H25F2N7O3. The third-order valence-electron chi connectivity index (χ3n) is 7.85. The molecule has 7 rings (SSSR count). The number of carbonyl (C=O) groups excluding carboxylic acids is 1. The van der Waals surface area contributed by atoms with Crippen molar-refractivity contribution in [3.8, 4) is 17.0 Å². The Kier molecular flexibility index (Phi) is 4.28. The van der Waals surface area contributed by atoms with Gasteiger partial charge in [-0.3, -0.25) is 4.79 Å². The summed E-state index contributed by atoms with van der Waals surface area (Å²) in [5.41, 5.74) is 7.15. The topological polar surface area (TPSA) is 132 Å². The fraction of sp³-hybridized carbons (Fsp3) is 0.370. The molecule has 4 aromatic rings. The van der Waals surface area contributed by atoms with E-state index in [0.717, 1.165) is 4.90 Å². The lowest BCUT2D eigenvalue weighted by Gasteiger charge is -2.48. The van der Waals surface area contributed by atoms with Crippen LogP contribution in [0.3, 0.4) is 0 Å². The molecule has 3 aromatic heterocycles. The number of hydrogen-bond donors (Lipinski definition) is 2. The Bertz CT molecular complexity index is 1750. The average molecular weight is 537 g/mol. The molecule has 200 valence electrons. The smallest absolute Gasteiger partial charge is 0.387 e. The number of aromatic nitrogens is 5. The van der Waals surface area contributed by atoms with Gasteiger partial charge in [0.2, 0.25) is 0 Å². The van der Waals surface area contributed by atoms with Crippen molar-refractivity contribution in [1.29, 1.82) is 0 Å². The maximum atomic E-state index is 13.6. The Morgan fingerprint density at radius 1 is 1.23 bits per heavy atom. The van der Waals surface area contributed by atoms with E-state index in [-0.39, 0.29) is 23.3 Å². The van der Waals surface area contributed by atoms with Crippen LogP contribution >= 0.6 is 0 Å². The fourth-order valence-electron chi connectivity index (χ4n) is 6.39. The monoisotopic (exact) mass is 536 g/mol. The highest BCUT2D eigenvalue weighted by molar-refractivity contribution is 5.98. The second-order valence-electron chi connectivity index (χ2n) is 10.8. The van der Waals surface area contributed by atoms with E-state index in [9.17, 15) is 18.7 Å². The number of halogens is 2. The number of hydrogen-bond acceptors (Lipinski definition) is 8. The Hall–Kier alpha value is -4.03. The molecule has 3 aliphatic rings. The van der Waals surface area contributed by atoms with E-state index in [0.29, 0.717) is 46.8 Å². The lowest BCUT2D eigenvalue weighted by atomic mass is 9.66. The first-order chi connectivity index (χ1) is 19.8. The molecule has 0 spiro atoms. The number of rotatable bonds is 4. The van der Waals surface area contributed by atoms with E-state index in [4.69, 9.17) is 19.6 Å². The number of benzene rings is 1. The average Bonchev–Trinajstić information content (AvgIpc) is 3.39. The SMILES string of the molecule is [2H]C([2H])([2H])N1C(=O)c2cccc(OC(F)F)c2[C@H]2C[C@@H]1c1nn3ccc(-c4cnc(C5(N)CC(C)(O)C5)nc4)nc3c12. The highest BCUT2D eigenvalue weighted by atomic mass is 19.3. The van der Waals surface area contributed by atoms with E-state index in [1.54, 1.807) is 31.6 Å². The quantitative estimate of drug-likeness (QED) is 0.407. The number of carbonyl (C=O) groups is 1. The van der Waals surface area contributed by atoms with E-state index >= 15 is 0 Å². The second kappa shape index (κ2) is 7.99. The molecule has 2 bridgehead atoms. The summed E-state index contributed by atoms with van der Waals surface area (Å²) < 4.78 is 57.6. The number of fused-ring (bicyclic) bond motifs is 9. The zero-order chi connectivity index (χ0) is 29.8. The predicted octanol–water partition coefficient (Wildman–Crippen LogP) is 3.15. The van der Waals surface area contributed by atoms with Crippen LogP contribution in [0.2, 0.25) is 0 Å². The Morgan fingerprint density at radius 3 is 2.69 bits per heavy atom. The van der Waals surface area contributed by atoms with Crippen molar-refractivity contribution in [2.45, 2.75) is 55.9 Å². The standard InChI is InChI=1S/C27H25F2N7O3/c1-26(38)11-27(30,12-26)24-31-9-13(10-32-24)16-6-7-36-22(33-16)20-15-8-17(21(20)34-36)35(2)23(37)14-4-3-5-18(19(14)15)39-25(28)29/h3-7,9-10,15,17,25,38H,8,11-12,30H2,1-2H3/t15-,17-,26?,27?/m1/s1/i2D3. The molecule has 10 nitrogen and oxygen atoms in total. The van der Waals surface area contributed by atoms with Crippen molar-refractivity contribution in [2.24, 2.45) is 5.73 Å². The maximum absolute atomic E-state index is 13.6. The molecule has 12 heteroatoms. The Balaban J connectivity index is 1.36. The second-order valence-corrected chi connectivity index (χ2v) is 10.8. The van der Waals surface area contributed by atoms with Crippen molar-refractivity contribution in [3.63, 3.8) is 0 Å². The van der Waals surface area contributed by atoms with E-state index in [1.165, 1.54) is 22.7 Å². The zero-order valence-electron chi connectivity index (χ0n) is 23.7. The van der Waals surface area contributed by atoms with Gasteiger partial charge >= 0.3 is 6.61 Å². The minimum absolute atomic E-state index is 0.0207. The number of ether oxygens (including phenoxy) is 1. The first-order valence-electron chi connectivity index (χ1n) is 13.9. The lowest BCUT2D eigenvalue weighted by Crippen LogP contribution is -2.59. The number of nitrogens with two attached hydrogens (primary N) is 1. The fourth-order valence-corrected chi connectivity index (χ4v) is 6.39. The molecule has 39 heavy (non-hydrogen) atoms. The van der Waals surface area contributed by atoms with Gasteiger partial charge in [-0.15, -0.1) is 0 Å². The number of amides is 1. The molecule has 0 radical (unpaired) electrons. The van der Waals surface area contributed by atoms with Gasteiger partial charge < -0.3 is 20.5 Å². The summed E-state index contributed by atoms with van der Waals surface area (Å²) in [4.78, 5) is 28.0. The van der Waals surface area contributed by atoms with Gasteiger partial charge in [0, 0.05) is 70.7 Å². The van der Waals surface area contributed by atoms with Crippen LogP contribution in [0.4, 0.5) is 8.78 Å². The first kappa shape index (κ1) is 20.9. The van der Waals surface area contributed by atoms with Crippen LogP contribution in [-0.2, 0) is 5.54 Å². The third kappa shape index (κ3) is 3.54. The summed E-state index contributed by atoms with van der Waals surface area (Å²) in [7, 11) is 0. The van der Waals surface area contributed by atoms with Crippen LogP contribution in [0.1, 0.15) is 75.3 Å². The Morgan fingerprint density at radius 2 is 2.00 bits per heavy atom. The van der Waals surface area contributed by atoms with Crippen molar-refractivity contribution >= 4 is 11.6 Å². The molecule has 1 amide bonds. The van der Waals surface area contributed by atoms with Gasteiger partial charge in [0.15, 0.2) is 5.65 Å². The van der Waals surface area contributed by atoms with Crippen LogP contribution in [0.15, 0.2) is 42.9 Å². The molecule has 1 aromatic carbocycles. The number of alkyl halides is 2.